The molecule has 2 heterocycles. The maximum Gasteiger partial charge on any atom is 0.112 e. The van der Waals surface area contributed by atoms with E-state index < -0.39 is 0 Å². The molecule has 3 rings (SSSR count). The van der Waals surface area contributed by atoms with Gasteiger partial charge in [-0.25, -0.2) is 4.98 Å². The highest BCUT2D eigenvalue weighted by Crippen LogP contribution is 2.30. The molecular weight excluding hydrogens is 242 g/mol. The summed E-state index contributed by atoms with van der Waals surface area (Å²) in [4.78, 5) is 8.37. The molecule has 0 unspecified atom stereocenters. The number of hydrogen-bond acceptors (Lipinski definition) is 4. The average Bonchev–Trinajstić information content (AvgIpc) is 2.69. The topological polar surface area (TPSA) is 28.2 Å². The molecule has 0 atom stereocenters. The molecule has 1 aliphatic heterocycles. The predicted molar refractivity (Wildman–Crippen MR) is 77.6 cm³/mol. The highest BCUT2D eigenvalue weighted by molar-refractivity contribution is 7.11. The van der Waals surface area contributed by atoms with E-state index in [0.717, 1.165) is 19.6 Å². The Morgan fingerprint density at radius 3 is 2.94 bits per heavy atom. The van der Waals surface area contributed by atoms with Gasteiger partial charge in [0.15, 0.2) is 0 Å². The minimum atomic E-state index is 0.915. The molecule has 0 spiro atoms. The monoisotopic (exact) mass is 259 g/mol. The number of nitrogens with one attached hydrogen (secondary N) is 1. The number of anilines is 2. The van der Waals surface area contributed by atoms with E-state index in [0.29, 0.717) is 0 Å². The minimum Gasteiger partial charge on any atom is -0.382 e. The first-order valence-electron chi connectivity index (χ1n) is 6.25. The summed E-state index contributed by atoms with van der Waals surface area (Å²) in [5.41, 5.74) is 3.68. The Balaban J connectivity index is 1.86. The van der Waals surface area contributed by atoms with Crippen molar-refractivity contribution >= 4 is 22.7 Å². The van der Waals surface area contributed by atoms with Crippen molar-refractivity contribution in [2.45, 2.75) is 20.4 Å². The number of para-hydroxylation sites is 2. The number of fused-ring (bicyclic) bond motifs is 1. The molecule has 1 aromatic carbocycles. The highest BCUT2D eigenvalue weighted by atomic mass is 32.1. The SMILES string of the molecule is Cc1nc(CN2CCNc3ccccc32)sc1C. The molecule has 0 amide bonds. The Kier molecular flexibility index (Phi) is 2.96. The summed E-state index contributed by atoms with van der Waals surface area (Å²) in [6, 6.07) is 8.48. The van der Waals surface area contributed by atoms with Crippen LogP contribution in [0.1, 0.15) is 15.6 Å². The molecule has 0 fully saturated rings. The number of rotatable bonds is 2. The second kappa shape index (κ2) is 4.61. The summed E-state index contributed by atoms with van der Waals surface area (Å²) in [6.45, 7) is 7.18. The van der Waals surface area contributed by atoms with Crippen molar-refractivity contribution < 1.29 is 0 Å². The molecule has 1 aliphatic rings. The molecular formula is C14H17N3S. The number of benzene rings is 1. The molecule has 0 radical (unpaired) electrons. The molecule has 1 N–H and O–H groups in total. The summed E-state index contributed by atoms with van der Waals surface area (Å²) >= 11 is 1.81. The van der Waals surface area contributed by atoms with Gasteiger partial charge in [-0.05, 0) is 26.0 Å². The highest BCUT2D eigenvalue weighted by Gasteiger charge is 2.17. The first-order chi connectivity index (χ1) is 8.74. The van der Waals surface area contributed by atoms with Gasteiger partial charge in [-0.15, -0.1) is 11.3 Å². The average molecular weight is 259 g/mol. The number of hydrogen-bond donors (Lipinski definition) is 1. The fraction of sp³-hybridized carbons (Fsp3) is 0.357. The summed E-state index contributed by atoms with van der Waals surface area (Å²) in [5.74, 6) is 0. The van der Waals surface area contributed by atoms with Gasteiger partial charge in [0.1, 0.15) is 5.01 Å². The molecule has 3 nitrogen and oxygen atoms in total. The zero-order chi connectivity index (χ0) is 12.5. The lowest BCUT2D eigenvalue weighted by molar-refractivity contribution is 0.781. The van der Waals surface area contributed by atoms with Crippen molar-refractivity contribution in [3.63, 3.8) is 0 Å². The van der Waals surface area contributed by atoms with Crippen LogP contribution in [0.2, 0.25) is 0 Å². The maximum absolute atomic E-state index is 4.63. The standard InChI is InChI=1S/C14H17N3S/c1-10-11(2)18-14(16-10)9-17-8-7-15-12-5-3-4-6-13(12)17/h3-6,15H,7-9H2,1-2H3. The summed E-state index contributed by atoms with van der Waals surface area (Å²) in [5, 5.41) is 4.65. The van der Waals surface area contributed by atoms with Gasteiger partial charge in [0.2, 0.25) is 0 Å². The van der Waals surface area contributed by atoms with Crippen molar-refractivity contribution in [2.75, 3.05) is 23.3 Å². The Morgan fingerprint density at radius 1 is 1.33 bits per heavy atom. The quantitative estimate of drug-likeness (QED) is 0.897. The number of nitrogens with zero attached hydrogens (tertiary/aromatic N) is 2. The third-order valence-electron chi connectivity index (χ3n) is 3.34. The Morgan fingerprint density at radius 2 is 2.17 bits per heavy atom. The Bertz CT molecular complexity index is 542. The minimum absolute atomic E-state index is 0.915. The second-order valence-corrected chi connectivity index (χ2v) is 5.90. The fourth-order valence-electron chi connectivity index (χ4n) is 2.28. The third kappa shape index (κ3) is 2.08. The van der Waals surface area contributed by atoms with Gasteiger partial charge < -0.3 is 10.2 Å². The van der Waals surface area contributed by atoms with E-state index in [1.165, 1.54) is 27.0 Å². The summed E-state index contributed by atoms with van der Waals surface area (Å²) in [6.07, 6.45) is 0. The lowest BCUT2D eigenvalue weighted by atomic mass is 10.2. The van der Waals surface area contributed by atoms with E-state index in [2.05, 4.69) is 53.3 Å². The second-order valence-electron chi connectivity index (χ2n) is 4.61. The molecule has 94 valence electrons. The molecule has 0 saturated carbocycles. The fourth-order valence-corrected chi connectivity index (χ4v) is 3.23. The van der Waals surface area contributed by atoms with E-state index in [4.69, 9.17) is 0 Å². The van der Waals surface area contributed by atoms with Crippen molar-refractivity contribution in [3.8, 4) is 0 Å². The molecule has 4 heteroatoms. The van der Waals surface area contributed by atoms with Gasteiger partial charge >= 0.3 is 0 Å². The zero-order valence-electron chi connectivity index (χ0n) is 10.7. The van der Waals surface area contributed by atoms with Crippen LogP contribution in [0.25, 0.3) is 0 Å². The molecule has 1 aromatic heterocycles. The number of aromatic nitrogens is 1. The third-order valence-corrected chi connectivity index (χ3v) is 4.40. The Hall–Kier alpha value is -1.55. The van der Waals surface area contributed by atoms with Crippen LogP contribution in [0, 0.1) is 13.8 Å². The van der Waals surface area contributed by atoms with E-state index in [1.54, 1.807) is 0 Å². The molecule has 0 saturated heterocycles. The van der Waals surface area contributed by atoms with Crippen LogP contribution < -0.4 is 10.2 Å². The van der Waals surface area contributed by atoms with Gasteiger partial charge in [-0.2, -0.15) is 0 Å². The van der Waals surface area contributed by atoms with Gasteiger partial charge in [0.05, 0.1) is 23.6 Å². The zero-order valence-corrected chi connectivity index (χ0v) is 11.5. The van der Waals surface area contributed by atoms with E-state index in [9.17, 15) is 0 Å². The van der Waals surface area contributed by atoms with Crippen LogP contribution in [0.15, 0.2) is 24.3 Å². The van der Waals surface area contributed by atoms with Gasteiger partial charge in [-0.3, -0.25) is 0 Å². The molecule has 0 bridgehead atoms. The van der Waals surface area contributed by atoms with Crippen LogP contribution >= 0.6 is 11.3 Å². The van der Waals surface area contributed by atoms with Gasteiger partial charge in [0.25, 0.3) is 0 Å². The summed E-state index contributed by atoms with van der Waals surface area (Å²) in [7, 11) is 0. The van der Waals surface area contributed by atoms with Crippen LogP contribution in [0.5, 0.6) is 0 Å². The van der Waals surface area contributed by atoms with Crippen molar-refractivity contribution in [3.05, 3.63) is 39.8 Å². The molecule has 2 aromatic rings. The predicted octanol–water partition coefficient (Wildman–Crippen LogP) is 3.19. The summed E-state index contributed by atoms with van der Waals surface area (Å²) < 4.78 is 0. The normalized spacial score (nSPS) is 14.2. The van der Waals surface area contributed by atoms with Gasteiger partial charge in [0, 0.05) is 18.0 Å². The van der Waals surface area contributed by atoms with Crippen molar-refractivity contribution in [1.29, 1.82) is 0 Å². The number of aryl methyl sites for hydroxylation is 2. The van der Waals surface area contributed by atoms with E-state index >= 15 is 0 Å². The van der Waals surface area contributed by atoms with E-state index in [-0.39, 0.29) is 0 Å². The van der Waals surface area contributed by atoms with Crippen molar-refractivity contribution in [1.82, 2.24) is 4.98 Å². The van der Waals surface area contributed by atoms with Crippen LogP contribution in [-0.4, -0.2) is 18.1 Å². The van der Waals surface area contributed by atoms with E-state index in [1.807, 2.05) is 11.3 Å². The largest absolute Gasteiger partial charge is 0.382 e. The molecule has 18 heavy (non-hydrogen) atoms. The lowest BCUT2D eigenvalue weighted by Gasteiger charge is -2.31. The van der Waals surface area contributed by atoms with Crippen LogP contribution in [0.3, 0.4) is 0 Å². The Labute approximate surface area is 111 Å². The van der Waals surface area contributed by atoms with Crippen LogP contribution in [0.4, 0.5) is 11.4 Å². The maximum atomic E-state index is 4.63. The first-order valence-corrected chi connectivity index (χ1v) is 7.06. The lowest BCUT2D eigenvalue weighted by Crippen LogP contribution is -2.33. The van der Waals surface area contributed by atoms with Crippen LogP contribution in [-0.2, 0) is 6.54 Å². The smallest absolute Gasteiger partial charge is 0.112 e. The number of thiazole rings is 1. The van der Waals surface area contributed by atoms with Crippen molar-refractivity contribution in [2.24, 2.45) is 0 Å². The first kappa shape index (κ1) is 11.5. The van der Waals surface area contributed by atoms with Gasteiger partial charge in [-0.1, -0.05) is 12.1 Å². The molecule has 0 aliphatic carbocycles.